The van der Waals surface area contributed by atoms with Crippen molar-refractivity contribution in [2.24, 2.45) is 56.2 Å². The molecular formula is C31H50O4. The number of carboxylic acids is 1. The lowest BCUT2D eigenvalue weighted by atomic mass is 9.31. The van der Waals surface area contributed by atoms with Crippen molar-refractivity contribution in [3.05, 3.63) is 11.5 Å². The van der Waals surface area contributed by atoms with Crippen molar-refractivity contribution < 1.29 is 20.1 Å². The summed E-state index contributed by atoms with van der Waals surface area (Å²) in [5.41, 5.74) is 0.187. The van der Waals surface area contributed by atoms with E-state index in [0.717, 1.165) is 44.9 Å². The number of allylic oxidation sites excluding steroid dienone is 2. The van der Waals surface area contributed by atoms with Crippen LogP contribution in [-0.2, 0) is 4.79 Å². The first-order valence-electron chi connectivity index (χ1n) is 14.4. The average molecular weight is 487 g/mol. The third kappa shape index (κ3) is 3.26. The summed E-state index contributed by atoms with van der Waals surface area (Å²) in [6.07, 6.45) is 11.1. The van der Waals surface area contributed by atoms with E-state index in [2.05, 4.69) is 48.5 Å². The Morgan fingerprint density at radius 1 is 0.800 bits per heavy atom. The van der Waals surface area contributed by atoms with Gasteiger partial charge in [0.25, 0.3) is 0 Å². The normalized spacial score (nSPS) is 50.4. The maximum absolute atomic E-state index is 12.1. The molecule has 0 aromatic heterocycles. The zero-order valence-corrected chi connectivity index (χ0v) is 23.3. The summed E-state index contributed by atoms with van der Waals surface area (Å²) in [5, 5.41) is 31.6. The van der Waals surface area contributed by atoms with Gasteiger partial charge >= 0.3 is 5.97 Å². The van der Waals surface area contributed by atoms with Crippen molar-refractivity contribution in [1.29, 1.82) is 0 Å². The van der Waals surface area contributed by atoms with Crippen molar-refractivity contribution in [2.75, 3.05) is 0 Å². The van der Waals surface area contributed by atoms with Crippen LogP contribution in [0.5, 0.6) is 0 Å². The van der Waals surface area contributed by atoms with E-state index in [0.29, 0.717) is 36.5 Å². The molecule has 0 saturated heterocycles. The van der Waals surface area contributed by atoms with E-state index < -0.39 is 11.4 Å². The summed E-state index contributed by atoms with van der Waals surface area (Å²) in [7, 11) is 0. The minimum absolute atomic E-state index is 0.0256. The summed E-state index contributed by atoms with van der Waals surface area (Å²) >= 11 is 0. The molecule has 0 radical (unpaired) electrons. The average Bonchev–Trinajstić information content (AvgIpc) is 2.73. The molecule has 0 heterocycles. The fourth-order valence-corrected chi connectivity index (χ4v) is 11.6. The summed E-state index contributed by atoms with van der Waals surface area (Å²) in [4.78, 5) is 12.1. The lowest BCUT2D eigenvalue weighted by Gasteiger charge is -2.73. The first kappa shape index (κ1) is 25.5. The van der Waals surface area contributed by atoms with Gasteiger partial charge in [-0.25, -0.2) is 0 Å². The van der Waals surface area contributed by atoms with Gasteiger partial charge in [-0.2, -0.15) is 0 Å². The molecular weight excluding hydrogens is 436 g/mol. The van der Waals surface area contributed by atoms with Crippen LogP contribution < -0.4 is 0 Å². The molecule has 5 rings (SSSR count). The number of carbonyl (C=O) groups is 1. The number of fused-ring (bicyclic) bond motifs is 7. The maximum atomic E-state index is 12.1. The molecule has 0 spiro atoms. The first-order valence-corrected chi connectivity index (χ1v) is 14.4. The zero-order valence-electron chi connectivity index (χ0n) is 23.3. The van der Waals surface area contributed by atoms with Crippen molar-refractivity contribution in [3.8, 4) is 0 Å². The monoisotopic (exact) mass is 486 g/mol. The van der Waals surface area contributed by atoms with Crippen molar-refractivity contribution in [2.45, 2.75) is 119 Å². The maximum Gasteiger partial charge on any atom is 0.303 e. The summed E-state index contributed by atoms with van der Waals surface area (Å²) in [6.45, 7) is 16.6. The predicted molar refractivity (Wildman–Crippen MR) is 139 cm³/mol. The number of aliphatic carboxylic acids is 1. The molecule has 0 aromatic rings. The van der Waals surface area contributed by atoms with Crippen LogP contribution in [0.4, 0.5) is 0 Å². The molecule has 0 aromatic carbocycles. The quantitative estimate of drug-likeness (QED) is 0.367. The summed E-state index contributed by atoms with van der Waals surface area (Å²) in [5.74, 6) is 1.75. The standard InChI is InChI=1S/C31H50O4/c1-26(2)12-14-31(18-24(33)34)15-13-29(6)19(20(31)16-26)8-9-23-28(5)17-21(32)25(35)27(3,4)22(28)10-11-30(23,29)7/h19-20,22-23,32,35H,8-18H2,1-7H3,(H,33,34)/t19-,20-,22?,23-,28+,29-,30-,31-/m1/s1. The summed E-state index contributed by atoms with van der Waals surface area (Å²) in [6, 6.07) is 0. The minimum atomic E-state index is -0.613. The van der Waals surface area contributed by atoms with E-state index in [1.54, 1.807) is 0 Å². The predicted octanol–water partition coefficient (Wildman–Crippen LogP) is 8.28. The van der Waals surface area contributed by atoms with Crippen LogP contribution in [0.3, 0.4) is 0 Å². The van der Waals surface area contributed by atoms with E-state index in [1.165, 1.54) is 12.8 Å². The lowest BCUT2D eigenvalue weighted by Crippen LogP contribution is -2.66. The van der Waals surface area contributed by atoms with Crippen LogP contribution in [-0.4, -0.2) is 21.3 Å². The molecule has 5 aliphatic carbocycles. The smallest absolute Gasteiger partial charge is 0.303 e. The van der Waals surface area contributed by atoms with Crippen LogP contribution >= 0.6 is 0 Å². The van der Waals surface area contributed by atoms with Crippen LogP contribution in [0, 0.1) is 56.2 Å². The first-order chi connectivity index (χ1) is 16.0. The molecule has 35 heavy (non-hydrogen) atoms. The molecule has 3 N–H and O–H groups in total. The Morgan fingerprint density at radius 2 is 1.46 bits per heavy atom. The van der Waals surface area contributed by atoms with E-state index in [1.807, 2.05) is 0 Å². The fourth-order valence-electron chi connectivity index (χ4n) is 11.6. The Kier molecular flexibility index (Phi) is 5.41. The number of hydrogen-bond donors (Lipinski definition) is 3. The highest BCUT2D eigenvalue weighted by Gasteiger charge is 2.70. The van der Waals surface area contributed by atoms with Gasteiger partial charge in [-0.05, 0) is 109 Å². The van der Waals surface area contributed by atoms with Gasteiger partial charge in [0.2, 0.25) is 0 Å². The molecule has 4 fully saturated rings. The second kappa shape index (κ2) is 7.44. The molecule has 1 unspecified atom stereocenters. The Balaban J connectivity index is 1.55. The van der Waals surface area contributed by atoms with Crippen molar-refractivity contribution in [3.63, 3.8) is 0 Å². The van der Waals surface area contributed by atoms with Gasteiger partial charge in [-0.3, -0.25) is 4.79 Å². The molecule has 4 nitrogen and oxygen atoms in total. The Hall–Kier alpha value is -1.19. The van der Waals surface area contributed by atoms with E-state index in [-0.39, 0.29) is 38.6 Å². The highest BCUT2D eigenvalue weighted by Crippen LogP contribution is 2.77. The highest BCUT2D eigenvalue weighted by molar-refractivity contribution is 5.68. The number of rotatable bonds is 2. The van der Waals surface area contributed by atoms with Crippen LogP contribution in [0.15, 0.2) is 11.5 Å². The number of carboxylic acid groups (broad SMARTS) is 1. The molecule has 4 saturated carbocycles. The number of aliphatic hydroxyl groups is 2. The minimum Gasteiger partial charge on any atom is -0.509 e. The molecule has 198 valence electrons. The molecule has 0 amide bonds. The molecule has 8 atom stereocenters. The second-order valence-electron chi connectivity index (χ2n) is 15.8. The van der Waals surface area contributed by atoms with Crippen LogP contribution in [0.25, 0.3) is 0 Å². The van der Waals surface area contributed by atoms with Gasteiger partial charge in [0.1, 0.15) is 11.5 Å². The SMILES string of the molecule is CC1(C)CC[C@]2(CC(=O)O)CC[C@]3(C)[C@H](CC[C@@H]4[C@@]5(C)CC(O)=C(O)C(C)(C)C5CC[C@]43C)[C@H]2C1. The highest BCUT2D eigenvalue weighted by atomic mass is 16.4. The van der Waals surface area contributed by atoms with Gasteiger partial charge in [0, 0.05) is 11.8 Å². The number of aliphatic hydroxyl groups excluding tert-OH is 2. The second-order valence-corrected chi connectivity index (χ2v) is 15.8. The van der Waals surface area contributed by atoms with Crippen LogP contribution in [0.1, 0.15) is 119 Å². The Labute approximate surface area is 213 Å². The van der Waals surface area contributed by atoms with E-state index in [4.69, 9.17) is 0 Å². The Morgan fingerprint density at radius 3 is 2.11 bits per heavy atom. The third-order valence-corrected chi connectivity index (χ3v) is 13.5. The fraction of sp³-hybridized carbons (Fsp3) is 0.903. The molecule has 0 aliphatic heterocycles. The lowest BCUT2D eigenvalue weighted by molar-refractivity contribution is -0.242. The van der Waals surface area contributed by atoms with Crippen molar-refractivity contribution in [1.82, 2.24) is 0 Å². The van der Waals surface area contributed by atoms with Crippen LogP contribution in [0.2, 0.25) is 0 Å². The molecule has 5 aliphatic rings. The topological polar surface area (TPSA) is 77.8 Å². The van der Waals surface area contributed by atoms with Gasteiger partial charge in [-0.1, -0.05) is 48.5 Å². The number of hydrogen-bond acceptors (Lipinski definition) is 3. The van der Waals surface area contributed by atoms with Gasteiger partial charge < -0.3 is 15.3 Å². The summed E-state index contributed by atoms with van der Waals surface area (Å²) < 4.78 is 0. The van der Waals surface area contributed by atoms with Crippen molar-refractivity contribution >= 4 is 5.97 Å². The Bertz CT molecular complexity index is 948. The third-order valence-electron chi connectivity index (χ3n) is 13.5. The van der Waals surface area contributed by atoms with Gasteiger partial charge in [0.15, 0.2) is 0 Å². The van der Waals surface area contributed by atoms with Gasteiger partial charge in [-0.15, -0.1) is 0 Å². The van der Waals surface area contributed by atoms with E-state index in [9.17, 15) is 20.1 Å². The molecule has 4 heteroatoms. The van der Waals surface area contributed by atoms with Gasteiger partial charge in [0.05, 0.1) is 6.42 Å². The largest absolute Gasteiger partial charge is 0.509 e. The zero-order chi connectivity index (χ0) is 25.8. The molecule has 0 bridgehead atoms. The van der Waals surface area contributed by atoms with E-state index >= 15 is 0 Å².